The maximum atomic E-state index is 13.0. The van der Waals surface area contributed by atoms with Crippen LogP contribution in [-0.2, 0) is 0 Å². The molecule has 1 aromatic heterocycles. The summed E-state index contributed by atoms with van der Waals surface area (Å²) in [4.78, 5) is 0. The monoisotopic (exact) mass is 273 g/mol. The zero-order chi connectivity index (χ0) is 12.9. The molecule has 5 nitrogen and oxygen atoms in total. The Kier molecular flexibility index (Phi) is 2.15. The minimum Gasteiger partial charge on any atom is -0.398 e. The van der Waals surface area contributed by atoms with Crippen LogP contribution in [0.3, 0.4) is 0 Å². The number of hydrogen-bond acceptors (Lipinski definition) is 4. The SMILES string of the molecule is Nc1ccc2c(c1-c1[nH]ncc1Cl)OC(F)(F)O2. The van der Waals surface area contributed by atoms with E-state index in [2.05, 4.69) is 19.7 Å². The van der Waals surface area contributed by atoms with E-state index in [1.54, 1.807) is 0 Å². The summed E-state index contributed by atoms with van der Waals surface area (Å²) in [6, 6.07) is 2.73. The Balaban J connectivity index is 2.23. The van der Waals surface area contributed by atoms with Crippen molar-refractivity contribution in [1.82, 2.24) is 10.2 Å². The van der Waals surface area contributed by atoms with Gasteiger partial charge in [-0.25, -0.2) is 0 Å². The Morgan fingerprint density at radius 2 is 2.11 bits per heavy atom. The third kappa shape index (κ3) is 1.55. The summed E-state index contributed by atoms with van der Waals surface area (Å²) in [5.74, 6) is -0.263. The number of fused-ring (bicyclic) bond motifs is 1. The second kappa shape index (κ2) is 3.49. The first-order valence-corrected chi connectivity index (χ1v) is 5.23. The number of rotatable bonds is 1. The van der Waals surface area contributed by atoms with Gasteiger partial charge in [0.15, 0.2) is 11.5 Å². The third-order valence-corrected chi connectivity index (χ3v) is 2.73. The summed E-state index contributed by atoms with van der Waals surface area (Å²) in [5, 5.41) is 6.53. The number of anilines is 1. The van der Waals surface area contributed by atoms with Crippen molar-refractivity contribution < 1.29 is 18.3 Å². The first-order valence-electron chi connectivity index (χ1n) is 4.85. The van der Waals surface area contributed by atoms with Crippen LogP contribution in [0.25, 0.3) is 11.3 Å². The highest BCUT2D eigenvalue weighted by atomic mass is 35.5. The molecule has 0 radical (unpaired) electrons. The Morgan fingerprint density at radius 3 is 2.78 bits per heavy atom. The van der Waals surface area contributed by atoms with Crippen molar-refractivity contribution in [2.45, 2.75) is 6.29 Å². The Morgan fingerprint density at radius 1 is 1.33 bits per heavy atom. The molecule has 94 valence electrons. The molecule has 0 bridgehead atoms. The zero-order valence-corrected chi connectivity index (χ0v) is 9.46. The summed E-state index contributed by atoms with van der Waals surface area (Å²) in [6.45, 7) is 0. The fourth-order valence-electron chi connectivity index (χ4n) is 1.73. The van der Waals surface area contributed by atoms with Gasteiger partial charge in [0.25, 0.3) is 0 Å². The van der Waals surface area contributed by atoms with Gasteiger partial charge < -0.3 is 15.2 Å². The first-order chi connectivity index (χ1) is 8.48. The number of alkyl halides is 2. The van der Waals surface area contributed by atoms with Gasteiger partial charge in [0, 0.05) is 5.69 Å². The predicted molar refractivity (Wildman–Crippen MR) is 59.6 cm³/mol. The molecule has 0 saturated carbocycles. The standard InChI is InChI=1S/C10H6ClF2N3O2/c11-4-3-15-16-8(4)7-5(14)1-2-6-9(7)18-10(12,13)17-6/h1-3H,14H2,(H,15,16). The van der Waals surface area contributed by atoms with Crippen molar-refractivity contribution in [2.75, 3.05) is 5.73 Å². The van der Waals surface area contributed by atoms with Gasteiger partial charge in [-0.05, 0) is 12.1 Å². The lowest BCUT2D eigenvalue weighted by Crippen LogP contribution is -2.26. The molecule has 3 rings (SSSR count). The Bertz CT molecular complexity index is 630. The molecule has 2 heterocycles. The van der Waals surface area contributed by atoms with Crippen LogP contribution in [0.2, 0.25) is 5.02 Å². The lowest BCUT2D eigenvalue weighted by atomic mass is 10.1. The number of halogens is 3. The smallest absolute Gasteiger partial charge is 0.398 e. The normalized spacial score (nSPS) is 15.9. The van der Waals surface area contributed by atoms with E-state index in [0.29, 0.717) is 5.69 Å². The average molecular weight is 274 g/mol. The van der Waals surface area contributed by atoms with Crippen molar-refractivity contribution in [3.05, 3.63) is 23.4 Å². The number of nitrogens with one attached hydrogen (secondary N) is 1. The Hall–Kier alpha value is -2.02. The molecule has 8 heteroatoms. The van der Waals surface area contributed by atoms with Crippen molar-refractivity contribution in [3.8, 4) is 22.8 Å². The fraction of sp³-hybridized carbons (Fsp3) is 0.100. The number of H-pyrrole nitrogens is 1. The van der Waals surface area contributed by atoms with E-state index in [1.165, 1.54) is 18.3 Å². The zero-order valence-electron chi connectivity index (χ0n) is 8.71. The molecule has 0 aliphatic carbocycles. The van der Waals surface area contributed by atoms with Crippen LogP contribution in [0.1, 0.15) is 0 Å². The number of nitrogen functional groups attached to an aromatic ring is 1. The van der Waals surface area contributed by atoms with E-state index in [4.69, 9.17) is 17.3 Å². The van der Waals surface area contributed by atoms with E-state index in [-0.39, 0.29) is 27.8 Å². The Labute approximate surface area is 104 Å². The van der Waals surface area contributed by atoms with Crippen molar-refractivity contribution in [3.63, 3.8) is 0 Å². The third-order valence-electron chi connectivity index (χ3n) is 2.45. The van der Waals surface area contributed by atoms with Crippen LogP contribution in [0.4, 0.5) is 14.5 Å². The molecule has 1 aromatic carbocycles. The van der Waals surface area contributed by atoms with Crippen molar-refractivity contribution in [2.24, 2.45) is 0 Å². The number of ether oxygens (including phenoxy) is 2. The number of nitrogens with zero attached hydrogens (tertiary/aromatic N) is 1. The molecule has 3 N–H and O–H groups in total. The number of nitrogens with two attached hydrogens (primary N) is 1. The van der Waals surface area contributed by atoms with Gasteiger partial charge in [0.1, 0.15) is 0 Å². The highest BCUT2D eigenvalue weighted by Gasteiger charge is 2.45. The highest BCUT2D eigenvalue weighted by molar-refractivity contribution is 6.33. The second-order valence-corrected chi connectivity index (χ2v) is 4.02. The molecule has 0 unspecified atom stereocenters. The maximum Gasteiger partial charge on any atom is 0.586 e. The molecular weight excluding hydrogens is 268 g/mol. The van der Waals surface area contributed by atoms with E-state index in [0.717, 1.165) is 0 Å². The van der Waals surface area contributed by atoms with Gasteiger partial charge >= 0.3 is 6.29 Å². The second-order valence-electron chi connectivity index (χ2n) is 3.62. The van der Waals surface area contributed by atoms with Crippen LogP contribution in [0, 0.1) is 0 Å². The number of aromatic amines is 1. The van der Waals surface area contributed by atoms with Crippen LogP contribution in [0.15, 0.2) is 18.3 Å². The quantitative estimate of drug-likeness (QED) is 0.784. The molecule has 18 heavy (non-hydrogen) atoms. The molecule has 0 fully saturated rings. The van der Waals surface area contributed by atoms with Gasteiger partial charge in [0.05, 0.1) is 22.5 Å². The summed E-state index contributed by atoms with van der Waals surface area (Å²) in [6.07, 6.45) is -2.37. The highest BCUT2D eigenvalue weighted by Crippen LogP contribution is 2.50. The number of hydrogen-bond donors (Lipinski definition) is 2. The van der Waals surface area contributed by atoms with Gasteiger partial charge in [-0.1, -0.05) is 11.6 Å². The number of benzene rings is 1. The van der Waals surface area contributed by atoms with E-state index in [9.17, 15) is 8.78 Å². The van der Waals surface area contributed by atoms with E-state index in [1.807, 2.05) is 0 Å². The molecule has 2 aromatic rings. The van der Waals surface area contributed by atoms with Crippen LogP contribution >= 0.6 is 11.6 Å². The predicted octanol–water partition coefficient (Wildman–Crippen LogP) is 2.63. The van der Waals surface area contributed by atoms with Crippen LogP contribution < -0.4 is 15.2 Å². The summed E-state index contributed by atoms with van der Waals surface area (Å²) < 4.78 is 34.9. The van der Waals surface area contributed by atoms with E-state index < -0.39 is 6.29 Å². The van der Waals surface area contributed by atoms with Crippen LogP contribution in [0.5, 0.6) is 11.5 Å². The summed E-state index contributed by atoms with van der Waals surface area (Å²) in [5.41, 5.74) is 6.48. The van der Waals surface area contributed by atoms with Gasteiger partial charge in [0.2, 0.25) is 0 Å². The summed E-state index contributed by atoms with van der Waals surface area (Å²) >= 11 is 5.89. The topological polar surface area (TPSA) is 73.2 Å². The minimum atomic E-state index is -3.71. The minimum absolute atomic E-state index is 0.102. The molecule has 1 aliphatic rings. The molecule has 0 amide bonds. The van der Waals surface area contributed by atoms with Crippen molar-refractivity contribution >= 4 is 17.3 Å². The maximum absolute atomic E-state index is 13.0. The van der Waals surface area contributed by atoms with E-state index >= 15 is 0 Å². The first kappa shape index (κ1) is 11.1. The number of aromatic nitrogens is 2. The molecule has 1 aliphatic heterocycles. The largest absolute Gasteiger partial charge is 0.586 e. The van der Waals surface area contributed by atoms with Gasteiger partial charge in [-0.15, -0.1) is 8.78 Å². The molecule has 0 atom stereocenters. The van der Waals surface area contributed by atoms with Crippen molar-refractivity contribution in [1.29, 1.82) is 0 Å². The average Bonchev–Trinajstić information content (AvgIpc) is 2.81. The molecular formula is C10H6ClF2N3O2. The summed E-state index contributed by atoms with van der Waals surface area (Å²) in [7, 11) is 0. The lowest BCUT2D eigenvalue weighted by molar-refractivity contribution is -0.286. The van der Waals surface area contributed by atoms with Crippen LogP contribution in [-0.4, -0.2) is 16.5 Å². The van der Waals surface area contributed by atoms with Gasteiger partial charge in [-0.3, -0.25) is 5.10 Å². The lowest BCUT2D eigenvalue weighted by Gasteiger charge is -2.08. The molecule has 0 saturated heterocycles. The fourth-order valence-corrected chi connectivity index (χ4v) is 1.92. The van der Waals surface area contributed by atoms with Gasteiger partial charge in [-0.2, -0.15) is 5.10 Å². The molecule has 0 spiro atoms.